The van der Waals surface area contributed by atoms with Gasteiger partial charge in [-0.2, -0.15) is 5.21 Å². The van der Waals surface area contributed by atoms with Crippen LogP contribution >= 0.6 is 0 Å². The van der Waals surface area contributed by atoms with E-state index in [0.717, 1.165) is 18.7 Å². The average Bonchev–Trinajstić information content (AvgIpc) is 3.14. The molecule has 5 atom stereocenters. The van der Waals surface area contributed by atoms with Gasteiger partial charge >= 0.3 is 0 Å². The SMILES string of the molecule is CCC[C@H](CC[C@@]1(C)CCCC[C@H]1[C@@H](CC)CO)[C@H](C)Cc1nn[nH]n1. The van der Waals surface area contributed by atoms with Crippen molar-refractivity contribution >= 4 is 0 Å². The predicted molar refractivity (Wildman–Crippen MR) is 106 cm³/mol. The quantitative estimate of drug-likeness (QED) is 0.592. The first-order chi connectivity index (χ1) is 12.5. The van der Waals surface area contributed by atoms with Gasteiger partial charge in [-0.05, 0) is 54.8 Å². The van der Waals surface area contributed by atoms with Crippen molar-refractivity contribution in [3.63, 3.8) is 0 Å². The third-order valence-electron chi connectivity index (χ3n) is 7.18. The van der Waals surface area contributed by atoms with Crippen molar-refractivity contribution in [2.45, 2.75) is 91.9 Å². The lowest BCUT2D eigenvalue weighted by Gasteiger charge is -2.46. The molecule has 0 unspecified atom stereocenters. The highest BCUT2D eigenvalue weighted by Gasteiger charge is 2.40. The van der Waals surface area contributed by atoms with Gasteiger partial charge in [0.2, 0.25) is 0 Å². The minimum Gasteiger partial charge on any atom is -0.396 e. The lowest BCUT2D eigenvalue weighted by Crippen LogP contribution is -2.38. The summed E-state index contributed by atoms with van der Waals surface area (Å²) in [5, 5.41) is 24.4. The lowest BCUT2D eigenvalue weighted by atomic mass is 9.59. The number of hydrogen-bond donors (Lipinski definition) is 2. The maximum Gasteiger partial charge on any atom is 0.174 e. The Morgan fingerprint density at radius 3 is 2.69 bits per heavy atom. The van der Waals surface area contributed by atoms with Crippen molar-refractivity contribution in [1.82, 2.24) is 20.6 Å². The zero-order valence-electron chi connectivity index (χ0n) is 17.4. The fourth-order valence-corrected chi connectivity index (χ4v) is 5.41. The largest absolute Gasteiger partial charge is 0.396 e. The molecule has 1 aromatic rings. The van der Waals surface area contributed by atoms with Crippen LogP contribution in [0.5, 0.6) is 0 Å². The molecule has 0 spiro atoms. The molecule has 0 amide bonds. The van der Waals surface area contributed by atoms with Crippen LogP contribution in [-0.4, -0.2) is 32.3 Å². The first-order valence-electron chi connectivity index (χ1n) is 10.9. The molecule has 1 aliphatic carbocycles. The summed E-state index contributed by atoms with van der Waals surface area (Å²) in [5.74, 6) is 3.29. The highest BCUT2D eigenvalue weighted by Crippen LogP contribution is 2.49. The van der Waals surface area contributed by atoms with E-state index in [1.165, 1.54) is 51.4 Å². The number of aliphatic hydroxyl groups excluding tert-OH is 1. The number of hydrogen-bond acceptors (Lipinski definition) is 4. The lowest BCUT2D eigenvalue weighted by molar-refractivity contribution is 0.0195. The maximum absolute atomic E-state index is 9.88. The fourth-order valence-electron chi connectivity index (χ4n) is 5.41. The molecule has 1 aromatic heterocycles. The van der Waals surface area contributed by atoms with Crippen LogP contribution in [0.25, 0.3) is 0 Å². The second kappa shape index (κ2) is 10.4. The van der Waals surface area contributed by atoms with E-state index in [1.54, 1.807) is 0 Å². The Bertz CT molecular complexity index is 488. The minimum absolute atomic E-state index is 0.351. The highest BCUT2D eigenvalue weighted by atomic mass is 16.3. The van der Waals surface area contributed by atoms with Crippen LogP contribution in [0.2, 0.25) is 0 Å². The van der Waals surface area contributed by atoms with Crippen molar-refractivity contribution in [3.8, 4) is 0 Å². The maximum atomic E-state index is 9.88. The Kier molecular flexibility index (Phi) is 8.52. The van der Waals surface area contributed by atoms with Crippen molar-refractivity contribution in [3.05, 3.63) is 5.82 Å². The molecule has 0 aromatic carbocycles. The van der Waals surface area contributed by atoms with Crippen LogP contribution in [0.4, 0.5) is 0 Å². The van der Waals surface area contributed by atoms with E-state index in [2.05, 4.69) is 48.3 Å². The molecule has 1 saturated carbocycles. The Morgan fingerprint density at radius 1 is 1.27 bits per heavy atom. The molecule has 2 N–H and O–H groups in total. The first-order valence-corrected chi connectivity index (χ1v) is 10.9. The van der Waals surface area contributed by atoms with Crippen molar-refractivity contribution in [1.29, 1.82) is 0 Å². The number of tetrazole rings is 1. The van der Waals surface area contributed by atoms with Crippen LogP contribution < -0.4 is 0 Å². The summed E-state index contributed by atoms with van der Waals surface area (Å²) in [6, 6.07) is 0. The van der Waals surface area contributed by atoms with Gasteiger partial charge in [0.1, 0.15) is 0 Å². The molecule has 150 valence electrons. The molecule has 1 fully saturated rings. The van der Waals surface area contributed by atoms with E-state index in [0.29, 0.717) is 35.7 Å². The summed E-state index contributed by atoms with van der Waals surface area (Å²) in [6.07, 6.45) is 12.4. The smallest absolute Gasteiger partial charge is 0.174 e. The minimum atomic E-state index is 0.351. The molecule has 5 nitrogen and oxygen atoms in total. The Hall–Kier alpha value is -0.970. The topological polar surface area (TPSA) is 74.7 Å². The van der Waals surface area contributed by atoms with Gasteiger partial charge in [0.15, 0.2) is 5.82 Å². The van der Waals surface area contributed by atoms with E-state index in [-0.39, 0.29) is 0 Å². The molecule has 0 aliphatic heterocycles. The van der Waals surface area contributed by atoms with Crippen molar-refractivity contribution < 1.29 is 5.11 Å². The third-order valence-corrected chi connectivity index (χ3v) is 7.18. The zero-order valence-corrected chi connectivity index (χ0v) is 17.4. The molecule has 0 saturated heterocycles. The van der Waals surface area contributed by atoms with Gasteiger partial charge in [0.05, 0.1) is 0 Å². The van der Waals surface area contributed by atoms with Gasteiger partial charge in [-0.25, -0.2) is 0 Å². The van der Waals surface area contributed by atoms with E-state index in [1.807, 2.05) is 0 Å². The molecule has 26 heavy (non-hydrogen) atoms. The van der Waals surface area contributed by atoms with E-state index in [4.69, 9.17) is 0 Å². The summed E-state index contributed by atoms with van der Waals surface area (Å²) >= 11 is 0. The predicted octanol–water partition coefficient (Wildman–Crippen LogP) is 4.79. The molecule has 2 rings (SSSR count). The van der Waals surface area contributed by atoms with E-state index >= 15 is 0 Å². The van der Waals surface area contributed by atoms with E-state index < -0.39 is 0 Å². The standard InChI is InChI=1S/C21H40N4O/c1-5-9-18(16(3)14-20-22-24-25-23-20)11-13-21(4)12-8-7-10-19(21)17(6-2)15-26/h16-19,26H,5-15H2,1-4H3,(H,22,23,24,25)/t16-,17+,18-,19+,21-/m1/s1. The van der Waals surface area contributed by atoms with Crippen LogP contribution in [0.3, 0.4) is 0 Å². The Labute approximate surface area is 159 Å². The number of aromatic nitrogens is 4. The van der Waals surface area contributed by atoms with Gasteiger partial charge in [-0.15, -0.1) is 10.2 Å². The Balaban J connectivity index is 2.00. The fraction of sp³-hybridized carbons (Fsp3) is 0.952. The molecule has 0 bridgehead atoms. The first kappa shape index (κ1) is 21.3. The highest BCUT2D eigenvalue weighted by molar-refractivity contribution is 4.91. The van der Waals surface area contributed by atoms with Crippen LogP contribution in [0.1, 0.15) is 91.3 Å². The monoisotopic (exact) mass is 364 g/mol. The molecular formula is C21H40N4O. The zero-order chi connectivity index (χ0) is 19.0. The number of aromatic amines is 1. The number of nitrogens with zero attached hydrogens (tertiary/aromatic N) is 3. The summed E-state index contributed by atoms with van der Waals surface area (Å²) in [4.78, 5) is 0. The summed E-state index contributed by atoms with van der Waals surface area (Å²) in [6.45, 7) is 9.73. The molecule has 1 aliphatic rings. The molecule has 0 radical (unpaired) electrons. The number of H-pyrrole nitrogens is 1. The van der Waals surface area contributed by atoms with Gasteiger partial charge in [-0.3, -0.25) is 0 Å². The molecule has 5 heteroatoms. The number of aliphatic hydroxyl groups is 1. The van der Waals surface area contributed by atoms with Gasteiger partial charge in [-0.1, -0.05) is 65.0 Å². The third kappa shape index (κ3) is 5.51. The van der Waals surface area contributed by atoms with E-state index in [9.17, 15) is 5.11 Å². The second-order valence-electron chi connectivity index (χ2n) is 8.95. The molecule has 1 heterocycles. The second-order valence-corrected chi connectivity index (χ2v) is 8.95. The van der Waals surface area contributed by atoms with Crippen molar-refractivity contribution in [2.24, 2.45) is 29.1 Å². The molecular weight excluding hydrogens is 324 g/mol. The Morgan fingerprint density at radius 2 is 2.08 bits per heavy atom. The van der Waals surface area contributed by atoms with Crippen LogP contribution in [-0.2, 0) is 6.42 Å². The average molecular weight is 365 g/mol. The van der Waals surface area contributed by atoms with Gasteiger partial charge in [0.25, 0.3) is 0 Å². The normalized spacial score (nSPS) is 27.2. The number of rotatable bonds is 11. The summed E-state index contributed by atoms with van der Waals surface area (Å²) < 4.78 is 0. The van der Waals surface area contributed by atoms with Crippen molar-refractivity contribution in [2.75, 3.05) is 6.61 Å². The van der Waals surface area contributed by atoms with Gasteiger partial charge < -0.3 is 5.11 Å². The van der Waals surface area contributed by atoms with Crippen LogP contribution in [0.15, 0.2) is 0 Å². The number of nitrogens with one attached hydrogen (secondary N) is 1. The summed E-state index contributed by atoms with van der Waals surface area (Å²) in [7, 11) is 0. The summed E-state index contributed by atoms with van der Waals surface area (Å²) in [5.41, 5.74) is 0.388. The van der Waals surface area contributed by atoms with Gasteiger partial charge in [0, 0.05) is 13.0 Å². The van der Waals surface area contributed by atoms with Crippen LogP contribution in [0, 0.1) is 29.1 Å².